The normalized spacial score (nSPS) is 18.5. The second-order valence-electron chi connectivity index (χ2n) is 5.77. The lowest BCUT2D eigenvalue weighted by molar-refractivity contribution is -0.122. The van der Waals surface area contributed by atoms with E-state index in [1.807, 2.05) is 12.1 Å². The van der Waals surface area contributed by atoms with Crippen molar-refractivity contribution in [1.82, 2.24) is 4.90 Å². The van der Waals surface area contributed by atoms with Crippen LogP contribution >= 0.6 is 27.5 Å². The van der Waals surface area contributed by atoms with Gasteiger partial charge in [-0.1, -0.05) is 18.5 Å². The van der Waals surface area contributed by atoms with Gasteiger partial charge in [-0.25, -0.2) is 0 Å². The van der Waals surface area contributed by atoms with Gasteiger partial charge < -0.3 is 10.2 Å². The van der Waals surface area contributed by atoms with Crippen LogP contribution in [0.2, 0.25) is 5.02 Å². The summed E-state index contributed by atoms with van der Waals surface area (Å²) in [7, 11) is 2.14. The van der Waals surface area contributed by atoms with Crippen molar-refractivity contribution in [3.63, 3.8) is 0 Å². The van der Waals surface area contributed by atoms with Gasteiger partial charge in [0.2, 0.25) is 5.91 Å². The summed E-state index contributed by atoms with van der Waals surface area (Å²) in [5.41, 5.74) is 0.794. The number of hydrogen-bond donors (Lipinski definition) is 1. The fraction of sp³-hybridized carbons (Fsp3) is 0.562. The third-order valence-corrected chi connectivity index (χ3v) is 5.51. The Hall–Kier alpha value is -0.580. The molecule has 1 atom stereocenters. The van der Waals surface area contributed by atoms with Gasteiger partial charge in [0.25, 0.3) is 0 Å². The minimum absolute atomic E-state index is 0.0909. The fourth-order valence-electron chi connectivity index (χ4n) is 2.97. The molecule has 0 aromatic heterocycles. The van der Waals surface area contributed by atoms with E-state index in [1.165, 1.54) is 0 Å². The molecular formula is C16H22BrClN2O. The Balaban J connectivity index is 2.01. The first-order valence-corrected chi connectivity index (χ1v) is 8.62. The molecule has 1 heterocycles. The molecule has 1 unspecified atom stereocenters. The van der Waals surface area contributed by atoms with E-state index in [4.69, 9.17) is 11.6 Å². The van der Waals surface area contributed by atoms with Crippen LogP contribution in [0.1, 0.15) is 26.2 Å². The van der Waals surface area contributed by atoms with Gasteiger partial charge in [-0.3, -0.25) is 4.79 Å². The number of nitrogens with one attached hydrogen (secondary N) is 1. The summed E-state index contributed by atoms with van der Waals surface area (Å²) in [6.45, 7) is 4.27. The van der Waals surface area contributed by atoms with E-state index in [0.29, 0.717) is 10.9 Å². The maximum Gasteiger partial charge on any atom is 0.227 e. The molecule has 1 fully saturated rings. The zero-order valence-electron chi connectivity index (χ0n) is 12.5. The van der Waals surface area contributed by atoms with Crippen molar-refractivity contribution < 1.29 is 4.79 Å². The first-order chi connectivity index (χ1) is 10.0. The topological polar surface area (TPSA) is 32.3 Å². The van der Waals surface area contributed by atoms with E-state index in [1.54, 1.807) is 6.07 Å². The summed E-state index contributed by atoms with van der Waals surface area (Å²) in [5.74, 6) is 0.705. The van der Waals surface area contributed by atoms with Crippen LogP contribution in [0, 0.1) is 11.8 Å². The molecule has 0 spiro atoms. The lowest BCUT2D eigenvalue weighted by Crippen LogP contribution is -2.37. The molecule has 1 aromatic carbocycles. The highest BCUT2D eigenvalue weighted by molar-refractivity contribution is 9.10. The highest BCUT2D eigenvalue weighted by Crippen LogP contribution is 2.29. The van der Waals surface area contributed by atoms with E-state index < -0.39 is 0 Å². The molecule has 5 heteroatoms. The second-order valence-corrected chi connectivity index (χ2v) is 7.04. The fourth-order valence-corrected chi connectivity index (χ4v) is 3.47. The number of benzene rings is 1. The van der Waals surface area contributed by atoms with Crippen LogP contribution in [0.5, 0.6) is 0 Å². The Labute approximate surface area is 140 Å². The molecule has 0 bridgehead atoms. The van der Waals surface area contributed by atoms with Gasteiger partial charge in [-0.15, -0.1) is 0 Å². The molecule has 21 heavy (non-hydrogen) atoms. The third-order valence-electron chi connectivity index (χ3n) is 4.30. The Kier molecular flexibility index (Phi) is 6.08. The summed E-state index contributed by atoms with van der Waals surface area (Å²) >= 11 is 9.36. The first-order valence-electron chi connectivity index (χ1n) is 7.45. The number of carbonyl (C=O) groups excluding carboxylic acids is 1. The number of nitrogens with zero attached hydrogens (tertiary/aromatic N) is 1. The molecule has 1 N–H and O–H groups in total. The van der Waals surface area contributed by atoms with E-state index in [-0.39, 0.29) is 11.8 Å². The van der Waals surface area contributed by atoms with Crippen LogP contribution in [0.25, 0.3) is 0 Å². The van der Waals surface area contributed by atoms with Crippen LogP contribution in [0.15, 0.2) is 22.7 Å². The van der Waals surface area contributed by atoms with Gasteiger partial charge in [0.05, 0.1) is 5.02 Å². The van der Waals surface area contributed by atoms with E-state index >= 15 is 0 Å². The Morgan fingerprint density at radius 1 is 1.48 bits per heavy atom. The first kappa shape index (κ1) is 16.8. The monoisotopic (exact) mass is 372 g/mol. The van der Waals surface area contributed by atoms with E-state index in [9.17, 15) is 4.79 Å². The van der Waals surface area contributed by atoms with Gasteiger partial charge in [0, 0.05) is 16.1 Å². The van der Waals surface area contributed by atoms with Crippen molar-refractivity contribution in [1.29, 1.82) is 0 Å². The van der Waals surface area contributed by atoms with Crippen molar-refractivity contribution >= 4 is 39.1 Å². The molecule has 1 aromatic rings. The molecule has 3 nitrogen and oxygen atoms in total. The van der Waals surface area contributed by atoms with Gasteiger partial charge >= 0.3 is 0 Å². The summed E-state index contributed by atoms with van der Waals surface area (Å²) in [5, 5.41) is 3.68. The lowest BCUT2D eigenvalue weighted by Gasteiger charge is -2.33. The van der Waals surface area contributed by atoms with Crippen molar-refractivity contribution in [2.24, 2.45) is 11.8 Å². The maximum atomic E-state index is 12.5. The average Bonchev–Trinajstić information content (AvgIpc) is 2.46. The SMILES string of the molecule is CCC(C(=O)Nc1ccc(Cl)c(Br)c1)C1CCN(C)CC1. The summed E-state index contributed by atoms with van der Waals surface area (Å²) in [4.78, 5) is 14.9. The summed E-state index contributed by atoms with van der Waals surface area (Å²) < 4.78 is 0.800. The minimum Gasteiger partial charge on any atom is -0.326 e. The molecule has 1 saturated heterocycles. The van der Waals surface area contributed by atoms with Crippen molar-refractivity contribution in [3.8, 4) is 0 Å². The van der Waals surface area contributed by atoms with E-state index in [2.05, 4.69) is 40.1 Å². The molecular weight excluding hydrogens is 352 g/mol. The number of carbonyl (C=O) groups is 1. The average molecular weight is 374 g/mol. The molecule has 1 aliphatic heterocycles. The maximum absolute atomic E-state index is 12.5. The molecule has 1 aliphatic rings. The van der Waals surface area contributed by atoms with Gasteiger partial charge in [0.1, 0.15) is 0 Å². The molecule has 0 saturated carbocycles. The Morgan fingerprint density at radius 2 is 2.14 bits per heavy atom. The zero-order chi connectivity index (χ0) is 15.4. The van der Waals surface area contributed by atoms with Crippen molar-refractivity contribution in [2.75, 3.05) is 25.5 Å². The van der Waals surface area contributed by atoms with Crippen molar-refractivity contribution in [3.05, 3.63) is 27.7 Å². The quantitative estimate of drug-likeness (QED) is 0.848. The van der Waals surface area contributed by atoms with E-state index in [0.717, 1.165) is 42.5 Å². The number of rotatable bonds is 4. The molecule has 116 valence electrons. The predicted molar refractivity (Wildman–Crippen MR) is 91.8 cm³/mol. The predicted octanol–water partition coefficient (Wildman–Crippen LogP) is 4.41. The second kappa shape index (κ2) is 7.61. The van der Waals surface area contributed by atoms with Crippen LogP contribution in [-0.2, 0) is 4.79 Å². The van der Waals surface area contributed by atoms with Gasteiger partial charge in [0.15, 0.2) is 0 Å². The molecule has 0 aliphatic carbocycles. The molecule has 0 radical (unpaired) electrons. The number of amides is 1. The Bertz CT molecular complexity index is 501. The minimum atomic E-state index is 0.0909. The smallest absolute Gasteiger partial charge is 0.227 e. The molecule has 2 rings (SSSR count). The Morgan fingerprint density at radius 3 is 2.71 bits per heavy atom. The largest absolute Gasteiger partial charge is 0.326 e. The third kappa shape index (κ3) is 4.44. The number of hydrogen-bond acceptors (Lipinski definition) is 2. The van der Waals surface area contributed by atoms with Crippen LogP contribution in [0.4, 0.5) is 5.69 Å². The number of halogens is 2. The summed E-state index contributed by atoms with van der Waals surface area (Å²) in [6, 6.07) is 5.48. The zero-order valence-corrected chi connectivity index (χ0v) is 14.9. The lowest BCUT2D eigenvalue weighted by atomic mass is 9.82. The highest BCUT2D eigenvalue weighted by atomic mass is 79.9. The number of likely N-dealkylation sites (tertiary alicyclic amines) is 1. The number of piperidine rings is 1. The summed E-state index contributed by atoms with van der Waals surface area (Å²) in [6.07, 6.45) is 3.09. The number of anilines is 1. The highest BCUT2D eigenvalue weighted by Gasteiger charge is 2.29. The van der Waals surface area contributed by atoms with Crippen LogP contribution < -0.4 is 5.32 Å². The standard InChI is InChI=1S/C16H22BrClN2O/c1-3-13(11-6-8-20(2)9-7-11)16(21)19-12-4-5-15(18)14(17)10-12/h4-5,10-11,13H,3,6-9H2,1-2H3,(H,19,21). The van der Waals surface area contributed by atoms with Gasteiger partial charge in [-0.2, -0.15) is 0 Å². The van der Waals surface area contributed by atoms with Crippen LogP contribution in [-0.4, -0.2) is 30.9 Å². The molecule has 1 amide bonds. The van der Waals surface area contributed by atoms with Crippen LogP contribution in [0.3, 0.4) is 0 Å². The van der Waals surface area contributed by atoms with Gasteiger partial charge in [-0.05, 0) is 79.4 Å². The van der Waals surface area contributed by atoms with Crippen molar-refractivity contribution in [2.45, 2.75) is 26.2 Å².